The van der Waals surface area contributed by atoms with E-state index in [0.717, 1.165) is 11.1 Å². The fraction of sp³-hybridized carbons (Fsp3) is 0.424. The van der Waals surface area contributed by atoms with E-state index in [2.05, 4.69) is 0 Å². The number of carbonyl (C=O) groups excluding carboxylic acids is 2. The van der Waals surface area contributed by atoms with E-state index in [1.54, 1.807) is 17.0 Å². The first-order valence-corrected chi connectivity index (χ1v) is 14.1. The summed E-state index contributed by atoms with van der Waals surface area (Å²) in [5, 5.41) is 10.2. The number of Topliss-reactive ketones (excluding diaryl/α,β-unsaturated/α-hetero) is 2. The van der Waals surface area contributed by atoms with Crippen molar-refractivity contribution in [1.29, 1.82) is 0 Å². The number of allylic oxidation sites excluding steroid dienone is 4. The number of hydrogen-bond acceptors (Lipinski definition) is 5. The predicted octanol–water partition coefficient (Wildman–Crippen LogP) is 7.00. The van der Waals surface area contributed by atoms with E-state index in [9.17, 15) is 19.5 Å². The topological polar surface area (TPSA) is 83.9 Å². The number of hydrogen-bond donors (Lipinski definition) is 1. The maximum atomic E-state index is 13.8. The van der Waals surface area contributed by atoms with Gasteiger partial charge in [-0.2, -0.15) is 0 Å². The molecule has 1 N–H and O–H groups in total. The van der Waals surface area contributed by atoms with E-state index in [0.29, 0.717) is 65.6 Å². The quantitative estimate of drug-likeness (QED) is 0.409. The molecule has 0 spiro atoms. The Morgan fingerprint density at radius 3 is 1.98 bits per heavy atom. The minimum Gasteiger partial charge on any atom is -0.487 e. The Morgan fingerprint density at radius 1 is 0.925 bits per heavy atom. The highest BCUT2D eigenvalue weighted by Gasteiger charge is 2.49. The van der Waals surface area contributed by atoms with Crippen LogP contribution in [0.15, 0.2) is 65.0 Å². The Bertz CT molecular complexity index is 1410. The molecule has 0 saturated carbocycles. The van der Waals surface area contributed by atoms with Crippen LogP contribution in [0.3, 0.4) is 0 Å². The molecule has 1 heterocycles. The summed E-state index contributed by atoms with van der Waals surface area (Å²) in [5.41, 5.74) is 4.76. The third kappa shape index (κ3) is 5.46. The van der Waals surface area contributed by atoms with Gasteiger partial charge in [-0.05, 0) is 53.9 Å². The first-order valence-electron chi connectivity index (χ1n) is 13.7. The lowest BCUT2D eigenvalue weighted by molar-refractivity contribution is -0.138. The third-order valence-corrected chi connectivity index (χ3v) is 8.41. The van der Waals surface area contributed by atoms with Gasteiger partial charge >= 0.3 is 5.97 Å². The molecule has 2 aliphatic carbocycles. The summed E-state index contributed by atoms with van der Waals surface area (Å²) in [5.74, 6) is -1.17. The van der Waals surface area contributed by atoms with E-state index in [1.165, 1.54) is 5.56 Å². The molecule has 0 atom stereocenters. The van der Waals surface area contributed by atoms with Crippen LogP contribution in [0.25, 0.3) is 0 Å². The molecule has 7 heteroatoms. The molecule has 2 aromatic carbocycles. The van der Waals surface area contributed by atoms with E-state index < -0.39 is 11.9 Å². The summed E-state index contributed by atoms with van der Waals surface area (Å²) in [4.78, 5) is 41.3. The molecule has 5 rings (SSSR count). The second-order valence-electron chi connectivity index (χ2n) is 13.0. The maximum absolute atomic E-state index is 13.8. The van der Waals surface area contributed by atoms with Crippen LogP contribution in [0, 0.1) is 17.8 Å². The number of aryl methyl sites for hydroxylation is 1. The summed E-state index contributed by atoms with van der Waals surface area (Å²) in [7, 11) is 0. The molecule has 0 bridgehead atoms. The van der Waals surface area contributed by atoms with Crippen LogP contribution in [0.5, 0.6) is 5.75 Å². The van der Waals surface area contributed by atoms with Crippen LogP contribution in [-0.2, 0) is 21.0 Å². The largest absolute Gasteiger partial charge is 0.487 e. The highest BCUT2D eigenvalue weighted by molar-refractivity contribution is 6.32. The smallest absolute Gasteiger partial charge is 0.323 e. The number of halogens is 1. The molecular formula is C33H36ClNO5. The molecule has 0 aromatic heterocycles. The van der Waals surface area contributed by atoms with Crippen molar-refractivity contribution in [3.8, 4) is 5.75 Å². The van der Waals surface area contributed by atoms with Gasteiger partial charge in [-0.3, -0.25) is 14.4 Å². The standard InChI is InChI=1S/C33H36ClNO5/c1-19-6-8-20(9-7-19)18-40-27-11-10-21(12-22(27)34)29-30-23(13-32(2,3)15-25(30)36)35(17-28(38)39)24-14-33(4,5)16-26(37)31(24)29/h6-12,29H,13-18H2,1-5H3,(H,38,39). The Labute approximate surface area is 240 Å². The van der Waals surface area contributed by atoms with Crippen LogP contribution < -0.4 is 4.74 Å². The fourth-order valence-electron chi connectivity index (χ4n) is 6.37. The lowest BCUT2D eigenvalue weighted by Crippen LogP contribution is -2.45. The average Bonchev–Trinajstić information content (AvgIpc) is 2.83. The summed E-state index contributed by atoms with van der Waals surface area (Å²) in [6.45, 7) is 10.2. The fourth-order valence-corrected chi connectivity index (χ4v) is 6.61. The number of carboxylic acids is 1. The molecule has 2 aromatic rings. The second-order valence-corrected chi connectivity index (χ2v) is 13.4. The normalized spacial score (nSPS) is 20.4. The third-order valence-electron chi connectivity index (χ3n) is 8.12. The first-order chi connectivity index (χ1) is 18.7. The van der Waals surface area contributed by atoms with E-state index in [-0.39, 0.29) is 28.9 Å². The predicted molar refractivity (Wildman–Crippen MR) is 154 cm³/mol. The minimum absolute atomic E-state index is 0.0494. The lowest BCUT2D eigenvalue weighted by Gasteiger charge is -2.48. The summed E-state index contributed by atoms with van der Waals surface area (Å²) >= 11 is 6.74. The van der Waals surface area contributed by atoms with Crippen molar-refractivity contribution < 1.29 is 24.2 Å². The maximum Gasteiger partial charge on any atom is 0.323 e. The van der Waals surface area contributed by atoms with E-state index in [4.69, 9.17) is 16.3 Å². The zero-order chi connectivity index (χ0) is 29.0. The monoisotopic (exact) mass is 561 g/mol. The Hall–Kier alpha value is -3.38. The molecule has 210 valence electrons. The number of nitrogens with zero attached hydrogens (tertiary/aromatic N) is 1. The van der Waals surface area contributed by atoms with Gasteiger partial charge in [0.1, 0.15) is 18.9 Å². The van der Waals surface area contributed by atoms with Crippen LogP contribution in [0.4, 0.5) is 0 Å². The molecule has 40 heavy (non-hydrogen) atoms. The highest BCUT2D eigenvalue weighted by Crippen LogP contribution is 2.54. The number of aliphatic carboxylic acids is 1. The van der Waals surface area contributed by atoms with Crippen molar-refractivity contribution >= 4 is 29.1 Å². The lowest BCUT2D eigenvalue weighted by atomic mass is 9.63. The summed E-state index contributed by atoms with van der Waals surface area (Å²) in [6.07, 6.45) is 1.76. The Morgan fingerprint density at radius 2 is 1.48 bits per heavy atom. The molecule has 0 unspecified atom stereocenters. The Kier molecular flexibility index (Phi) is 7.20. The van der Waals surface area contributed by atoms with Crippen LogP contribution in [-0.4, -0.2) is 34.1 Å². The number of ketones is 2. The van der Waals surface area contributed by atoms with Gasteiger partial charge in [0, 0.05) is 41.3 Å². The van der Waals surface area contributed by atoms with E-state index >= 15 is 0 Å². The highest BCUT2D eigenvalue weighted by atomic mass is 35.5. The summed E-state index contributed by atoms with van der Waals surface area (Å²) in [6, 6.07) is 13.5. The van der Waals surface area contributed by atoms with Gasteiger partial charge in [0.2, 0.25) is 0 Å². The molecule has 6 nitrogen and oxygen atoms in total. The van der Waals surface area contributed by atoms with Crippen LogP contribution in [0.1, 0.15) is 76.0 Å². The molecule has 0 radical (unpaired) electrons. The van der Waals surface area contributed by atoms with Crippen LogP contribution >= 0.6 is 11.6 Å². The van der Waals surface area contributed by atoms with Gasteiger partial charge in [-0.25, -0.2) is 0 Å². The second kappa shape index (κ2) is 10.2. The van der Waals surface area contributed by atoms with Crippen molar-refractivity contribution in [1.82, 2.24) is 4.90 Å². The van der Waals surface area contributed by atoms with Gasteiger partial charge in [0.15, 0.2) is 11.6 Å². The SMILES string of the molecule is Cc1ccc(COc2ccc(C3C4=C(CC(C)(C)CC4=O)N(CC(=O)O)C4=C3C(=O)CC(C)(C)C4)cc2Cl)cc1. The van der Waals surface area contributed by atoms with Crippen molar-refractivity contribution in [3.63, 3.8) is 0 Å². The average molecular weight is 562 g/mol. The molecule has 3 aliphatic rings. The zero-order valence-electron chi connectivity index (χ0n) is 23.8. The number of ether oxygens (including phenoxy) is 1. The first kappa shape index (κ1) is 28.2. The van der Waals surface area contributed by atoms with Gasteiger partial charge < -0.3 is 14.7 Å². The van der Waals surface area contributed by atoms with Crippen molar-refractivity contribution in [2.45, 2.75) is 72.8 Å². The van der Waals surface area contributed by atoms with Gasteiger partial charge in [0.05, 0.1) is 5.02 Å². The number of carboxylic acid groups (broad SMARTS) is 1. The molecule has 0 amide bonds. The molecule has 0 fully saturated rings. The van der Waals surface area contributed by atoms with Gasteiger partial charge in [-0.1, -0.05) is 75.2 Å². The molecule has 1 aliphatic heterocycles. The number of carbonyl (C=O) groups is 3. The zero-order valence-corrected chi connectivity index (χ0v) is 24.5. The molecular weight excluding hydrogens is 526 g/mol. The van der Waals surface area contributed by atoms with Crippen molar-refractivity contribution in [3.05, 3.63) is 86.7 Å². The minimum atomic E-state index is -0.998. The van der Waals surface area contributed by atoms with Crippen molar-refractivity contribution in [2.24, 2.45) is 10.8 Å². The summed E-state index contributed by atoms with van der Waals surface area (Å²) < 4.78 is 6.01. The van der Waals surface area contributed by atoms with Gasteiger partial charge in [-0.15, -0.1) is 0 Å². The number of benzene rings is 2. The van der Waals surface area contributed by atoms with Crippen molar-refractivity contribution in [2.75, 3.05) is 6.54 Å². The molecule has 0 saturated heterocycles. The van der Waals surface area contributed by atoms with Crippen LogP contribution in [0.2, 0.25) is 5.02 Å². The van der Waals surface area contributed by atoms with E-state index in [1.807, 2.05) is 65.0 Å². The Balaban J connectivity index is 1.60. The van der Waals surface area contributed by atoms with Gasteiger partial charge in [0.25, 0.3) is 0 Å². The number of rotatable bonds is 6.